The first-order valence-electron chi connectivity index (χ1n) is 8.48. The predicted octanol–water partition coefficient (Wildman–Crippen LogP) is 3.17. The van der Waals surface area contributed by atoms with E-state index < -0.39 is 0 Å². The Morgan fingerprint density at radius 3 is 2.69 bits per heavy atom. The van der Waals surface area contributed by atoms with E-state index in [1.165, 1.54) is 0 Å². The van der Waals surface area contributed by atoms with E-state index in [1.54, 1.807) is 18.2 Å². The van der Waals surface area contributed by atoms with Gasteiger partial charge >= 0.3 is 0 Å². The molecular formula is C17H25Cl2IN4O2. The smallest absolute Gasteiger partial charge is 0.244 e. The Bertz CT molecular complexity index is 610. The van der Waals surface area contributed by atoms with Gasteiger partial charge in [-0.05, 0) is 31.9 Å². The van der Waals surface area contributed by atoms with Crippen molar-refractivity contribution in [3.8, 4) is 5.75 Å². The molecule has 1 aliphatic rings. The number of hydrogen-bond donors (Lipinski definition) is 2. The maximum Gasteiger partial charge on any atom is 0.244 e. The van der Waals surface area contributed by atoms with Gasteiger partial charge in [0.05, 0.1) is 11.6 Å². The fourth-order valence-electron chi connectivity index (χ4n) is 2.48. The number of guanidine groups is 1. The van der Waals surface area contributed by atoms with Gasteiger partial charge in [0.25, 0.3) is 0 Å². The molecule has 1 aliphatic heterocycles. The molecule has 6 nitrogen and oxygen atoms in total. The molecule has 2 rings (SSSR count). The number of nitrogens with one attached hydrogen (secondary N) is 2. The van der Waals surface area contributed by atoms with E-state index in [4.69, 9.17) is 27.9 Å². The summed E-state index contributed by atoms with van der Waals surface area (Å²) in [7, 11) is 0. The highest BCUT2D eigenvalue weighted by Crippen LogP contribution is 2.31. The zero-order valence-electron chi connectivity index (χ0n) is 14.8. The second kappa shape index (κ2) is 12.5. The molecule has 0 radical (unpaired) electrons. The zero-order valence-corrected chi connectivity index (χ0v) is 18.6. The Kier molecular flexibility index (Phi) is 11.1. The van der Waals surface area contributed by atoms with E-state index in [9.17, 15) is 4.79 Å². The van der Waals surface area contributed by atoms with Gasteiger partial charge in [-0.1, -0.05) is 29.3 Å². The summed E-state index contributed by atoms with van der Waals surface area (Å²) in [6, 6.07) is 5.26. The number of carbonyl (C=O) groups is 1. The topological polar surface area (TPSA) is 66.0 Å². The molecule has 0 unspecified atom stereocenters. The maximum absolute atomic E-state index is 12.0. The fourth-order valence-corrected chi connectivity index (χ4v) is 2.83. The zero-order chi connectivity index (χ0) is 18.1. The number of likely N-dealkylation sites (tertiary alicyclic amines) is 1. The van der Waals surface area contributed by atoms with Crippen molar-refractivity contribution in [3.63, 3.8) is 0 Å². The third-order valence-corrected chi connectivity index (χ3v) is 4.55. The van der Waals surface area contributed by atoms with Crippen molar-refractivity contribution in [1.82, 2.24) is 15.5 Å². The third kappa shape index (κ3) is 7.36. The van der Waals surface area contributed by atoms with Crippen LogP contribution in [-0.4, -0.2) is 56.1 Å². The summed E-state index contributed by atoms with van der Waals surface area (Å²) in [5.74, 6) is 1.20. The van der Waals surface area contributed by atoms with Crippen molar-refractivity contribution in [2.45, 2.75) is 19.8 Å². The van der Waals surface area contributed by atoms with Crippen LogP contribution >= 0.6 is 47.2 Å². The summed E-state index contributed by atoms with van der Waals surface area (Å²) in [6.07, 6.45) is 2.16. The van der Waals surface area contributed by atoms with Gasteiger partial charge in [0, 0.05) is 19.6 Å². The standard InChI is InChI=1S/C17H24Cl2N4O2.HI/c1-2-20-17(22-12-15(24)23-9-3-4-10-23)21-8-11-25-14-7-5-6-13(18)16(14)19;/h5-7H,2-4,8-12H2,1H3,(H2,20,21,22);1H. The van der Waals surface area contributed by atoms with Gasteiger partial charge in [0.15, 0.2) is 5.96 Å². The average molecular weight is 515 g/mol. The molecule has 1 aromatic carbocycles. The van der Waals surface area contributed by atoms with Crippen molar-refractivity contribution >= 4 is 59.0 Å². The van der Waals surface area contributed by atoms with Crippen LogP contribution in [0.1, 0.15) is 19.8 Å². The molecule has 1 saturated heterocycles. The summed E-state index contributed by atoms with van der Waals surface area (Å²) >= 11 is 12.0. The molecule has 0 bridgehead atoms. The van der Waals surface area contributed by atoms with Gasteiger partial charge in [-0.2, -0.15) is 0 Å². The molecule has 2 N–H and O–H groups in total. The number of aliphatic imine (C=N–C) groups is 1. The summed E-state index contributed by atoms with van der Waals surface area (Å²) in [5.41, 5.74) is 0. The first kappa shape index (κ1) is 23.1. The monoisotopic (exact) mass is 514 g/mol. The van der Waals surface area contributed by atoms with Crippen LogP contribution in [0.25, 0.3) is 0 Å². The quantitative estimate of drug-likeness (QED) is 0.254. The number of ether oxygens (including phenoxy) is 1. The molecule has 0 atom stereocenters. The van der Waals surface area contributed by atoms with Gasteiger partial charge in [-0.3, -0.25) is 4.79 Å². The van der Waals surface area contributed by atoms with Crippen molar-refractivity contribution in [2.75, 3.05) is 39.3 Å². The number of halogens is 3. The highest BCUT2D eigenvalue weighted by molar-refractivity contribution is 14.0. The van der Waals surface area contributed by atoms with E-state index >= 15 is 0 Å². The number of rotatable bonds is 7. The molecule has 26 heavy (non-hydrogen) atoms. The molecule has 0 aliphatic carbocycles. The molecule has 9 heteroatoms. The second-order valence-corrected chi connectivity index (χ2v) is 6.40. The SMILES string of the molecule is CCNC(=NCC(=O)N1CCCC1)NCCOc1cccc(Cl)c1Cl.I. The summed E-state index contributed by atoms with van der Waals surface area (Å²) < 4.78 is 5.62. The van der Waals surface area contributed by atoms with E-state index in [2.05, 4.69) is 15.6 Å². The number of nitrogens with zero attached hydrogens (tertiary/aromatic N) is 2. The lowest BCUT2D eigenvalue weighted by atomic mass is 10.3. The van der Waals surface area contributed by atoms with Crippen LogP contribution in [0, 0.1) is 0 Å². The highest BCUT2D eigenvalue weighted by Gasteiger charge is 2.17. The molecule has 1 heterocycles. The van der Waals surface area contributed by atoms with Crippen molar-refractivity contribution in [2.24, 2.45) is 4.99 Å². The van der Waals surface area contributed by atoms with Gasteiger partial charge in [-0.25, -0.2) is 4.99 Å². The molecular weight excluding hydrogens is 490 g/mol. The van der Waals surface area contributed by atoms with Crippen molar-refractivity contribution < 1.29 is 9.53 Å². The lowest BCUT2D eigenvalue weighted by molar-refractivity contribution is -0.128. The number of hydrogen-bond acceptors (Lipinski definition) is 3. The minimum absolute atomic E-state index is 0. The Morgan fingerprint density at radius 2 is 2.00 bits per heavy atom. The van der Waals surface area contributed by atoms with Crippen LogP contribution in [0.4, 0.5) is 0 Å². The van der Waals surface area contributed by atoms with Gasteiger partial charge in [0.1, 0.15) is 23.9 Å². The minimum atomic E-state index is 0. The number of carbonyl (C=O) groups excluding carboxylic acids is 1. The number of benzene rings is 1. The summed E-state index contributed by atoms with van der Waals surface area (Å²) in [6.45, 7) is 5.43. The third-order valence-electron chi connectivity index (χ3n) is 3.74. The maximum atomic E-state index is 12.0. The molecule has 1 aromatic rings. The number of amides is 1. The predicted molar refractivity (Wildman–Crippen MR) is 117 cm³/mol. The fraction of sp³-hybridized carbons (Fsp3) is 0.529. The average Bonchev–Trinajstić information content (AvgIpc) is 3.14. The van der Waals surface area contributed by atoms with Gasteiger partial charge < -0.3 is 20.3 Å². The van der Waals surface area contributed by atoms with Crippen LogP contribution in [-0.2, 0) is 4.79 Å². The van der Waals surface area contributed by atoms with Crippen molar-refractivity contribution in [3.05, 3.63) is 28.2 Å². The Morgan fingerprint density at radius 1 is 1.27 bits per heavy atom. The van der Waals surface area contributed by atoms with Gasteiger partial charge in [0.2, 0.25) is 5.91 Å². The highest BCUT2D eigenvalue weighted by atomic mass is 127. The molecule has 0 spiro atoms. The van der Waals surface area contributed by atoms with E-state index in [0.29, 0.717) is 41.5 Å². The normalized spacial score (nSPS) is 14.0. The van der Waals surface area contributed by atoms with Crippen LogP contribution in [0.15, 0.2) is 23.2 Å². The first-order valence-corrected chi connectivity index (χ1v) is 9.24. The second-order valence-electron chi connectivity index (χ2n) is 5.61. The summed E-state index contributed by atoms with van der Waals surface area (Å²) in [5, 5.41) is 7.12. The van der Waals surface area contributed by atoms with Crippen LogP contribution in [0.5, 0.6) is 5.75 Å². The van der Waals surface area contributed by atoms with E-state index in [1.807, 2.05) is 11.8 Å². The lowest BCUT2D eigenvalue weighted by Crippen LogP contribution is -2.40. The van der Waals surface area contributed by atoms with Crippen molar-refractivity contribution in [1.29, 1.82) is 0 Å². The van der Waals surface area contributed by atoms with Crippen LogP contribution < -0.4 is 15.4 Å². The largest absolute Gasteiger partial charge is 0.490 e. The molecule has 1 fully saturated rings. The first-order chi connectivity index (χ1) is 12.1. The molecule has 146 valence electrons. The molecule has 0 aromatic heterocycles. The van der Waals surface area contributed by atoms with Crippen LogP contribution in [0.2, 0.25) is 10.0 Å². The lowest BCUT2D eigenvalue weighted by Gasteiger charge is -2.15. The Balaban J connectivity index is 0.00000338. The Hall–Kier alpha value is -0.930. The minimum Gasteiger partial charge on any atom is -0.490 e. The Labute approximate surface area is 181 Å². The summed E-state index contributed by atoms with van der Waals surface area (Å²) in [4.78, 5) is 18.2. The van der Waals surface area contributed by atoms with E-state index in [-0.39, 0.29) is 36.4 Å². The molecule has 0 saturated carbocycles. The van der Waals surface area contributed by atoms with Gasteiger partial charge in [-0.15, -0.1) is 24.0 Å². The van der Waals surface area contributed by atoms with Crippen LogP contribution in [0.3, 0.4) is 0 Å². The van der Waals surface area contributed by atoms with E-state index in [0.717, 1.165) is 25.9 Å². The molecule has 1 amide bonds.